The molecule has 0 spiro atoms. The van der Waals surface area contributed by atoms with Crippen molar-refractivity contribution in [3.05, 3.63) is 71.3 Å². The Morgan fingerprint density at radius 3 is 2.24 bits per heavy atom. The monoisotopic (exact) mass is 289 g/mol. The van der Waals surface area contributed by atoms with E-state index < -0.39 is 5.82 Å². The topological polar surface area (TPSA) is 20.3 Å². The van der Waals surface area contributed by atoms with Crippen molar-refractivity contribution in [2.75, 3.05) is 13.6 Å². The van der Waals surface area contributed by atoms with Gasteiger partial charge in [0.25, 0.3) is 0 Å². The molecule has 1 atom stereocenters. The molecule has 2 rings (SSSR count). The highest BCUT2D eigenvalue weighted by Gasteiger charge is 2.19. The lowest BCUT2D eigenvalue weighted by Crippen LogP contribution is -2.29. The van der Waals surface area contributed by atoms with Crippen molar-refractivity contribution in [1.29, 1.82) is 0 Å². The molecule has 0 aliphatic carbocycles. The maximum atomic E-state index is 13.8. The maximum Gasteiger partial charge on any atom is 0.179 e. The Morgan fingerprint density at radius 2 is 1.62 bits per heavy atom. The van der Waals surface area contributed by atoms with Crippen LogP contribution in [0.2, 0.25) is 0 Å². The molecule has 0 heterocycles. The summed E-state index contributed by atoms with van der Waals surface area (Å²) in [7, 11) is 1.72. The van der Waals surface area contributed by atoms with E-state index in [1.165, 1.54) is 24.3 Å². The number of rotatable bonds is 5. The number of carbonyl (C=O) groups excluding carboxylic acids is 1. The molecule has 2 nitrogen and oxygen atoms in total. The van der Waals surface area contributed by atoms with Gasteiger partial charge in [0.15, 0.2) is 5.78 Å². The number of ketones is 1. The molecule has 0 aliphatic heterocycles. The minimum absolute atomic E-state index is 0.0242. The average Bonchev–Trinajstić information content (AvgIpc) is 2.47. The molecule has 0 saturated heterocycles. The molecule has 1 unspecified atom stereocenters. The summed E-state index contributed by atoms with van der Waals surface area (Å²) in [5.41, 5.74) is 0.575. The lowest BCUT2D eigenvalue weighted by atomic mass is 10.1. The third-order valence-corrected chi connectivity index (χ3v) is 3.58. The molecule has 4 heteroatoms. The number of likely N-dealkylation sites (N-methyl/N-ethyl adjacent to an activating group) is 1. The van der Waals surface area contributed by atoms with Gasteiger partial charge in [-0.1, -0.05) is 30.3 Å². The van der Waals surface area contributed by atoms with E-state index in [2.05, 4.69) is 0 Å². The SMILES string of the molecule is CC(c1ccccc1F)N(C)CC(=O)c1ccccc1F. The number of benzene rings is 2. The smallest absolute Gasteiger partial charge is 0.179 e. The number of Topliss-reactive ketones (excluding diaryl/α,β-unsaturated/α-hetero) is 1. The lowest BCUT2D eigenvalue weighted by molar-refractivity contribution is 0.0919. The largest absolute Gasteiger partial charge is 0.293 e. The summed E-state index contributed by atoms with van der Waals surface area (Å²) >= 11 is 0. The van der Waals surface area contributed by atoms with Gasteiger partial charge in [-0.3, -0.25) is 9.69 Å². The Bertz CT molecular complexity index is 642. The van der Waals surface area contributed by atoms with Crippen molar-refractivity contribution in [3.63, 3.8) is 0 Å². The molecule has 0 N–H and O–H groups in total. The summed E-state index contributed by atoms with van der Waals surface area (Å²) in [4.78, 5) is 13.8. The first-order valence-electron chi connectivity index (χ1n) is 6.73. The van der Waals surface area contributed by atoms with Crippen molar-refractivity contribution < 1.29 is 13.6 Å². The second kappa shape index (κ2) is 6.59. The number of carbonyl (C=O) groups is 1. The van der Waals surface area contributed by atoms with E-state index in [1.807, 2.05) is 6.92 Å². The first-order valence-corrected chi connectivity index (χ1v) is 6.73. The van der Waals surface area contributed by atoms with Crippen molar-refractivity contribution in [2.45, 2.75) is 13.0 Å². The molecule has 0 radical (unpaired) electrons. The Labute approximate surface area is 123 Å². The van der Waals surface area contributed by atoms with Gasteiger partial charge in [0.05, 0.1) is 12.1 Å². The molecule has 0 fully saturated rings. The molecule has 2 aromatic rings. The minimum atomic E-state index is -0.533. The summed E-state index contributed by atoms with van der Waals surface area (Å²) in [6, 6.07) is 12.0. The van der Waals surface area contributed by atoms with Crippen LogP contribution in [0.5, 0.6) is 0 Å². The third-order valence-electron chi connectivity index (χ3n) is 3.58. The van der Waals surface area contributed by atoms with Crippen LogP contribution in [0, 0.1) is 11.6 Å². The van der Waals surface area contributed by atoms with E-state index in [9.17, 15) is 13.6 Å². The highest BCUT2D eigenvalue weighted by molar-refractivity contribution is 5.97. The van der Waals surface area contributed by atoms with Crippen LogP contribution >= 0.6 is 0 Å². The molecule has 0 amide bonds. The van der Waals surface area contributed by atoms with E-state index in [-0.39, 0.29) is 29.8 Å². The lowest BCUT2D eigenvalue weighted by Gasteiger charge is -2.24. The van der Waals surface area contributed by atoms with Crippen molar-refractivity contribution in [1.82, 2.24) is 4.90 Å². The Morgan fingerprint density at radius 1 is 1.05 bits per heavy atom. The van der Waals surface area contributed by atoms with Gasteiger partial charge in [-0.2, -0.15) is 0 Å². The fourth-order valence-electron chi connectivity index (χ4n) is 2.19. The number of hydrogen-bond acceptors (Lipinski definition) is 2. The molecule has 21 heavy (non-hydrogen) atoms. The quantitative estimate of drug-likeness (QED) is 0.779. The zero-order chi connectivity index (χ0) is 15.4. The maximum absolute atomic E-state index is 13.8. The van der Waals surface area contributed by atoms with Gasteiger partial charge in [0.2, 0.25) is 0 Å². The summed E-state index contributed by atoms with van der Waals surface area (Å²) < 4.78 is 27.3. The van der Waals surface area contributed by atoms with Crippen LogP contribution in [0.3, 0.4) is 0 Å². The Balaban J connectivity index is 2.11. The fraction of sp³-hybridized carbons (Fsp3) is 0.235. The molecule has 0 bridgehead atoms. The molecule has 0 aliphatic rings. The van der Waals surface area contributed by atoms with Crippen LogP contribution in [-0.4, -0.2) is 24.3 Å². The van der Waals surface area contributed by atoms with E-state index in [0.717, 1.165) is 0 Å². The van der Waals surface area contributed by atoms with Gasteiger partial charge in [-0.05, 0) is 32.2 Å². The fourth-order valence-corrected chi connectivity index (χ4v) is 2.19. The van der Waals surface area contributed by atoms with Gasteiger partial charge in [0.1, 0.15) is 11.6 Å². The minimum Gasteiger partial charge on any atom is -0.293 e. The highest BCUT2D eigenvalue weighted by Crippen LogP contribution is 2.22. The van der Waals surface area contributed by atoms with E-state index in [1.54, 1.807) is 36.2 Å². The summed E-state index contributed by atoms with van der Waals surface area (Å²) in [5.74, 6) is -1.16. The zero-order valence-corrected chi connectivity index (χ0v) is 12.0. The second-order valence-electron chi connectivity index (χ2n) is 5.02. The normalized spacial score (nSPS) is 12.4. The average molecular weight is 289 g/mol. The number of nitrogens with zero attached hydrogens (tertiary/aromatic N) is 1. The molecule has 0 aromatic heterocycles. The van der Waals surface area contributed by atoms with Gasteiger partial charge >= 0.3 is 0 Å². The second-order valence-corrected chi connectivity index (χ2v) is 5.02. The summed E-state index contributed by atoms with van der Waals surface area (Å²) in [6.45, 7) is 1.84. The molecular formula is C17H17F2NO. The first-order chi connectivity index (χ1) is 10.0. The van der Waals surface area contributed by atoms with Gasteiger partial charge in [-0.15, -0.1) is 0 Å². The summed E-state index contributed by atoms with van der Waals surface area (Å²) in [6.07, 6.45) is 0. The standard InChI is InChI=1S/C17H17F2NO/c1-12(13-7-3-5-9-15(13)18)20(2)11-17(21)14-8-4-6-10-16(14)19/h3-10,12H,11H2,1-2H3. The van der Waals surface area contributed by atoms with Crippen LogP contribution in [0.25, 0.3) is 0 Å². The third kappa shape index (κ3) is 3.52. The van der Waals surface area contributed by atoms with E-state index in [0.29, 0.717) is 5.56 Å². The predicted octanol–water partition coefficient (Wildman–Crippen LogP) is 3.84. The molecule has 0 saturated carbocycles. The van der Waals surface area contributed by atoms with Crippen molar-refractivity contribution in [3.8, 4) is 0 Å². The van der Waals surface area contributed by atoms with Crippen molar-refractivity contribution >= 4 is 5.78 Å². The molecule has 2 aromatic carbocycles. The molecule has 110 valence electrons. The predicted molar refractivity (Wildman–Crippen MR) is 78.2 cm³/mol. The van der Waals surface area contributed by atoms with E-state index >= 15 is 0 Å². The highest BCUT2D eigenvalue weighted by atomic mass is 19.1. The molecular weight excluding hydrogens is 272 g/mol. The van der Waals surface area contributed by atoms with Gasteiger partial charge in [0, 0.05) is 11.6 Å². The van der Waals surface area contributed by atoms with Gasteiger partial charge in [-0.25, -0.2) is 8.78 Å². The van der Waals surface area contributed by atoms with Crippen LogP contribution in [0.1, 0.15) is 28.9 Å². The Kier molecular flexibility index (Phi) is 4.81. The Hall–Kier alpha value is -2.07. The number of hydrogen-bond donors (Lipinski definition) is 0. The van der Waals surface area contributed by atoms with Gasteiger partial charge < -0.3 is 0 Å². The van der Waals surface area contributed by atoms with Crippen LogP contribution in [-0.2, 0) is 0 Å². The van der Waals surface area contributed by atoms with Crippen LogP contribution in [0.15, 0.2) is 48.5 Å². The van der Waals surface area contributed by atoms with E-state index in [4.69, 9.17) is 0 Å². The summed E-state index contributed by atoms with van der Waals surface area (Å²) in [5, 5.41) is 0. The zero-order valence-electron chi connectivity index (χ0n) is 12.0. The van der Waals surface area contributed by atoms with Crippen LogP contribution < -0.4 is 0 Å². The number of halogens is 2. The van der Waals surface area contributed by atoms with Crippen LogP contribution in [0.4, 0.5) is 8.78 Å². The van der Waals surface area contributed by atoms with Crippen molar-refractivity contribution in [2.24, 2.45) is 0 Å². The first kappa shape index (κ1) is 15.3.